The Bertz CT molecular complexity index is 552. The molecule has 0 aromatic heterocycles. The molecule has 0 atom stereocenters. The van der Waals surface area contributed by atoms with Gasteiger partial charge < -0.3 is 15.2 Å². The van der Waals surface area contributed by atoms with Crippen molar-refractivity contribution in [2.45, 2.75) is 6.42 Å². The van der Waals surface area contributed by atoms with Gasteiger partial charge in [0.15, 0.2) is 0 Å². The standard InChI is InChI=1S/C16H19NO2/c1-18-15-6-4-3-5-14(15)13-8-7-12(9-10-17)16(11-13)19-2/h3-8,11H,9-10,17H2,1-2H3. The summed E-state index contributed by atoms with van der Waals surface area (Å²) in [7, 11) is 3.36. The molecule has 0 aliphatic heterocycles. The molecule has 0 aliphatic carbocycles. The van der Waals surface area contributed by atoms with Gasteiger partial charge in [0.05, 0.1) is 14.2 Å². The van der Waals surface area contributed by atoms with E-state index in [1.165, 1.54) is 0 Å². The smallest absolute Gasteiger partial charge is 0.126 e. The van der Waals surface area contributed by atoms with Crippen molar-refractivity contribution in [2.75, 3.05) is 20.8 Å². The van der Waals surface area contributed by atoms with Crippen LogP contribution in [-0.4, -0.2) is 20.8 Å². The number of hydrogen-bond acceptors (Lipinski definition) is 3. The largest absolute Gasteiger partial charge is 0.496 e. The Morgan fingerprint density at radius 1 is 0.947 bits per heavy atom. The summed E-state index contributed by atoms with van der Waals surface area (Å²) in [5.74, 6) is 1.73. The molecule has 0 radical (unpaired) electrons. The van der Waals surface area contributed by atoms with Crippen molar-refractivity contribution in [1.82, 2.24) is 0 Å². The number of nitrogens with two attached hydrogens (primary N) is 1. The zero-order chi connectivity index (χ0) is 13.7. The van der Waals surface area contributed by atoms with Crippen LogP contribution < -0.4 is 15.2 Å². The fourth-order valence-electron chi connectivity index (χ4n) is 2.16. The highest BCUT2D eigenvalue weighted by Crippen LogP contribution is 2.33. The van der Waals surface area contributed by atoms with Crippen LogP contribution in [0.15, 0.2) is 42.5 Å². The van der Waals surface area contributed by atoms with Crippen LogP contribution in [-0.2, 0) is 6.42 Å². The van der Waals surface area contributed by atoms with Crippen LogP contribution in [0.25, 0.3) is 11.1 Å². The lowest BCUT2D eigenvalue weighted by Crippen LogP contribution is -2.04. The van der Waals surface area contributed by atoms with Crippen molar-refractivity contribution in [3.63, 3.8) is 0 Å². The van der Waals surface area contributed by atoms with E-state index in [0.29, 0.717) is 6.54 Å². The lowest BCUT2D eigenvalue weighted by Gasteiger charge is -2.12. The Hall–Kier alpha value is -2.00. The molecule has 0 bridgehead atoms. The predicted molar refractivity (Wildman–Crippen MR) is 77.7 cm³/mol. The van der Waals surface area contributed by atoms with Crippen LogP contribution in [0, 0.1) is 0 Å². The average Bonchev–Trinajstić information content (AvgIpc) is 2.48. The molecule has 3 heteroatoms. The van der Waals surface area contributed by atoms with E-state index in [1.54, 1.807) is 14.2 Å². The second-order valence-corrected chi connectivity index (χ2v) is 4.27. The summed E-state index contributed by atoms with van der Waals surface area (Å²) in [6.07, 6.45) is 0.815. The molecular weight excluding hydrogens is 238 g/mol. The van der Waals surface area contributed by atoms with E-state index >= 15 is 0 Å². The molecule has 3 nitrogen and oxygen atoms in total. The summed E-state index contributed by atoms with van der Waals surface area (Å²) < 4.78 is 10.8. The summed E-state index contributed by atoms with van der Waals surface area (Å²) in [5, 5.41) is 0. The first-order chi connectivity index (χ1) is 9.30. The van der Waals surface area contributed by atoms with Gasteiger partial charge in [-0.05, 0) is 36.2 Å². The summed E-state index contributed by atoms with van der Waals surface area (Å²) in [4.78, 5) is 0. The predicted octanol–water partition coefficient (Wildman–Crippen LogP) is 2.87. The van der Waals surface area contributed by atoms with Gasteiger partial charge in [-0.25, -0.2) is 0 Å². The summed E-state index contributed by atoms with van der Waals surface area (Å²) in [6.45, 7) is 0.615. The number of hydrogen-bond donors (Lipinski definition) is 1. The summed E-state index contributed by atoms with van der Waals surface area (Å²) >= 11 is 0. The van der Waals surface area contributed by atoms with Crippen LogP contribution in [0.2, 0.25) is 0 Å². The van der Waals surface area contributed by atoms with Gasteiger partial charge in [0, 0.05) is 5.56 Å². The number of para-hydroxylation sites is 1. The first-order valence-electron chi connectivity index (χ1n) is 6.30. The highest BCUT2D eigenvalue weighted by atomic mass is 16.5. The maximum absolute atomic E-state index is 5.60. The van der Waals surface area contributed by atoms with Crippen LogP contribution in [0.5, 0.6) is 11.5 Å². The third kappa shape index (κ3) is 2.88. The maximum atomic E-state index is 5.60. The Balaban J connectivity index is 2.45. The number of methoxy groups -OCH3 is 2. The van der Waals surface area contributed by atoms with Gasteiger partial charge in [-0.2, -0.15) is 0 Å². The topological polar surface area (TPSA) is 44.5 Å². The normalized spacial score (nSPS) is 10.3. The fraction of sp³-hybridized carbons (Fsp3) is 0.250. The third-order valence-corrected chi connectivity index (χ3v) is 3.12. The van der Waals surface area contributed by atoms with E-state index in [2.05, 4.69) is 12.1 Å². The van der Waals surface area contributed by atoms with Crippen molar-refractivity contribution in [3.05, 3.63) is 48.0 Å². The Morgan fingerprint density at radius 3 is 2.37 bits per heavy atom. The monoisotopic (exact) mass is 257 g/mol. The maximum Gasteiger partial charge on any atom is 0.126 e. The molecule has 0 fully saturated rings. The Labute approximate surface area is 114 Å². The van der Waals surface area contributed by atoms with Gasteiger partial charge >= 0.3 is 0 Å². The van der Waals surface area contributed by atoms with Crippen LogP contribution in [0.1, 0.15) is 5.56 Å². The third-order valence-electron chi connectivity index (χ3n) is 3.12. The molecule has 2 rings (SSSR count). The minimum Gasteiger partial charge on any atom is -0.496 e. The lowest BCUT2D eigenvalue weighted by atomic mass is 10.0. The Morgan fingerprint density at radius 2 is 1.68 bits per heavy atom. The van der Waals surface area contributed by atoms with Gasteiger partial charge in [-0.1, -0.05) is 30.3 Å². The van der Waals surface area contributed by atoms with Gasteiger partial charge in [0.2, 0.25) is 0 Å². The van der Waals surface area contributed by atoms with Crippen LogP contribution in [0.4, 0.5) is 0 Å². The van der Waals surface area contributed by atoms with Crippen LogP contribution in [0.3, 0.4) is 0 Å². The summed E-state index contributed by atoms with van der Waals surface area (Å²) in [6, 6.07) is 14.1. The molecule has 0 saturated heterocycles. The van der Waals surface area contributed by atoms with E-state index in [-0.39, 0.29) is 0 Å². The van der Waals surface area contributed by atoms with E-state index in [0.717, 1.165) is 34.6 Å². The SMILES string of the molecule is COc1cc(-c2ccccc2OC)ccc1CCN. The molecule has 0 unspecified atom stereocenters. The molecule has 2 aromatic rings. The van der Waals surface area contributed by atoms with Gasteiger partial charge in [-0.15, -0.1) is 0 Å². The molecule has 100 valence electrons. The molecule has 0 heterocycles. The van der Waals surface area contributed by atoms with Crippen LogP contribution >= 0.6 is 0 Å². The van der Waals surface area contributed by atoms with Crippen molar-refractivity contribution in [3.8, 4) is 22.6 Å². The van der Waals surface area contributed by atoms with Crippen molar-refractivity contribution in [2.24, 2.45) is 5.73 Å². The average molecular weight is 257 g/mol. The zero-order valence-corrected chi connectivity index (χ0v) is 11.3. The van der Waals surface area contributed by atoms with Crippen molar-refractivity contribution in [1.29, 1.82) is 0 Å². The second-order valence-electron chi connectivity index (χ2n) is 4.27. The first-order valence-corrected chi connectivity index (χ1v) is 6.30. The fourth-order valence-corrected chi connectivity index (χ4v) is 2.16. The van der Waals surface area contributed by atoms with E-state index in [1.807, 2.05) is 30.3 Å². The minimum absolute atomic E-state index is 0.615. The molecule has 0 spiro atoms. The van der Waals surface area contributed by atoms with Crippen molar-refractivity contribution < 1.29 is 9.47 Å². The van der Waals surface area contributed by atoms with Gasteiger partial charge in [0.1, 0.15) is 11.5 Å². The number of benzene rings is 2. The zero-order valence-electron chi connectivity index (χ0n) is 11.3. The highest BCUT2D eigenvalue weighted by molar-refractivity contribution is 5.72. The van der Waals surface area contributed by atoms with Gasteiger partial charge in [0.25, 0.3) is 0 Å². The molecule has 2 aromatic carbocycles. The molecule has 2 N–H and O–H groups in total. The molecule has 0 amide bonds. The first kappa shape index (κ1) is 13.4. The summed E-state index contributed by atoms with van der Waals surface area (Å²) in [5.41, 5.74) is 8.87. The van der Waals surface area contributed by atoms with E-state index < -0.39 is 0 Å². The lowest BCUT2D eigenvalue weighted by molar-refractivity contribution is 0.409. The quantitative estimate of drug-likeness (QED) is 0.895. The minimum atomic E-state index is 0.615. The number of ether oxygens (including phenoxy) is 2. The molecule has 0 saturated carbocycles. The number of rotatable bonds is 5. The molecule has 0 aliphatic rings. The van der Waals surface area contributed by atoms with Crippen molar-refractivity contribution >= 4 is 0 Å². The van der Waals surface area contributed by atoms with E-state index in [9.17, 15) is 0 Å². The highest BCUT2D eigenvalue weighted by Gasteiger charge is 2.08. The van der Waals surface area contributed by atoms with Gasteiger partial charge in [-0.3, -0.25) is 0 Å². The Kier molecular flexibility index (Phi) is 4.42. The van der Waals surface area contributed by atoms with E-state index in [4.69, 9.17) is 15.2 Å². The molecular formula is C16H19NO2. The molecule has 19 heavy (non-hydrogen) atoms. The second kappa shape index (κ2) is 6.25.